The van der Waals surface area contributed by atoms with Gasteiger partial charge in [-0.25, -0.2) is 9.59 Å². The normalized spacial score (nSPS) is 18.3. The summed E-state index contributed by atoms with van der Waals surface area (Å²) < 4.78 is 9.91. The van der Waals surface area contributed by atoms with E-state index in [4.69, 9.17) is 9.47 Å². The molecule has 1 heterocycles. The van der Waals surface area contributed by atoms with Crippen LogP contribution in [0.2, 0.25) is 0 Å². The number of benzene rings is 1. The Morgan fingerprint density at radius 2 is 2.14 bits per heavy atom. The third-order valence-electron chi connectivity index (χ3n) is 3.58. The van der Waals surface area contributed by atoms with Gasteiger partial charge in [-0.3, -0.25) is 4.90 Å². The number of ether oxygens (including phenoxy) is 2. The van der Waals surface area contributed by atoms with Gasteiger partial charge < -0.3 is 9.47 Å². The second-order valence-electron chi connectivity index (χ2n) is 5.22. The average molecular weight is 303 g/mol. The van der Waals surface area contributed by atoms with Gasteiger partial charge in [0, 0.05) is 6.20 Å². The highest BCUT2D eigenvalue weighted by Crippen LogP contribution is 2.20. The molecule has 0 saturated carbocycles. The highest BCUT2D eigenvalue weighted by Gasteiger charge is 2.32. The fraction of sp³-hybridized carbons (Fsp3) is 0.412. The lowest BCUT2D eigenvalue weighted by Gasteiger charge is -2.19. The third-order valence-corrected chi connectivity index (χ3v) is 3.58. The lowest BCUT2D eigenvalue weighted by Crippen LogP contribution is -2.31. The molecule has 0 radical (unpaired) electrons. The first-order chi connectivity index (χ1) is 10.7. The van der Waals surface area contributed by atoms with E-state index in [9.17, 15) is 9.59 Å². The van der Waals surface area contributed by atoms with Crippen LogP contribution in [-0.2, 0) is 20.7 Å². The number of carbonyl (C=O) groups excluding carboxylic acids is 2. The van der Waals surface area contributed by atoms with Crippen LogP contribution in [0.1, 0.15) is 25.3 Å². The summed E-state index contributed by atoms with van der Waals surface area (Å²) in [6.07, 6.45) is 3.21. The quantitative estimate of drug-likeness (QED) is 0.599. The molecule has 118 valence electrons. The van der Waals surface area contributed by atoms with Gasteiger partial charge in [-0.2, -0.15) is 0 Å². The minimum atomic E-state index is -0.418. The largest absolute Gasteiger partial charge is 0.466 e. The van der Waals surface area contributed by atoms with Crippen molar-refractivity contribution >= 4 is 12.1 Å². The van der Waals surface area contributed by atoms with Crippen molar-refractivity contribution in [1.82, 2.24) is 4.90 Å². The van der Waals surface area contributed by atoms with Gasteiger partial charge in [0.2, 0.25) is 0 Å². The van der Waals surface area contributed by atoms with Gasteiger partial charge in [0.25, 0.3) is 0 Å². The van der Waals surface area contributed by atoms with E-state index < -0.39 is 12.1 Å². The number of nitrogens with zero attached hydrogens (tertiary/aromatic N) is 1. The first-order valence-electron chi connectivity index (χ1n) is 7.43. The van der Waals surface area contributed by atoms with Gasteiger partial charge in [0.15, 0.2) is 0 Å². The summed E-state index contributed by atoms with van der Waals surface area (Å²) in [6.45, 7) is 2.30. The Hall–Kier alpha value is -2.30. The molecule has 1 aliphatic rings. The number of esters is 1. The molecule has 1 atom stereocenters. The summed E-state index contributed by atoms with van der Waals surface area (Å²) in [6, 6.07) is 9.80. The summed E-state index contributed by atoms with van der Waals surface area (Å²) in [5, 5.41) is 0. The fourth-order valence-corrected chi connectivity index (χ4v) is 2.46. The topological polar surface area (TPSA) is 55.8 Å². The number of amides is 1. The van der Waals surface area contributed by atoms with E-state index in [0.717, 1.165) is 12.0 Å². The molecule has 1 fully saturated rings. The minimum absolute atomic E-state index is 0.105. The summed E-state index contributed by atoms with van der Waals surface area (Å²) >= 11 is 0. The van der Waals surface area contributed by atoms with Gasteiger partial charge in [-0.05, 0) is 18.4 Å². The number of carbonyl (C=O) groups is 2. The molecule has 1 saturated heterocycles. The van der Waals surface area contributed by atoms with Crippen LogP contribution in [-0.4, -0.2) is 36.7 Å². The highest BCUT2D eigenvalue weighted by molar-refractivity contribution is 5.89. The van der Waals surface area contributed by atoms with Crippen LogP contribution in [0.3, 0.4) is 0 Å². The zero-order valence-corrected chi connectivity index (χ0v) is 13.0. The molecule has 5 nitrogen and oxygen atoms in total. The molecule has 0 aromatic heterocycles. The van der Waals surface area contributed by atoms with Crippen molar-refractivity contribution in [3.05, 3.63) is 47.7 Å². The van der Waals surface area contributed by atoms with Crippen molar-refractivity contribution in [2.45, 2.75) is 32.2 Å². The molecule has 1 aromatic rings. The molecule has 1 aliphatic heterocycles. The Morgan fingerprint density at radius 3 is 2.77 bits per heavy atom. The number of rotatable bonds is 6. The molecule has 2 rings (SSSR count). The third kappa shape index (κ3) is 3.87. The second kappa shape index (κ2) is 7.64. The zero-order chi connectivity index (χ0) is 15.9. The molecule has 1 amide bonds. The lowest BCUT2D eigenvalue weighted by atomic mass is 10.1. The van der Waals surface area contributed by atoms with E-state index in [1.54, 1.807) is 6.20 Å². The number of cyclic esters (lactones) is 1. The van der Waals surface area contributed by atoms with Crippen molar-refractivity contribution in [1.29, 1.82) is 0 Å². The van der Waals surface area contributed by atoms with E-state index in [1.165, 1.54) is 12.0 Å². The van der Waals surface area contributed by atoms with Crippen molar-refractivity contribution in [3.8, 4) is 0 Å². The molecule has 0 N–H and O–H groups in total. The maximum Gasteiger partial charge on any atom is 0.414 e. The number of hydrogen-bond acceptors (Lipinski definition) is 4. The Labute approximate surface area is 130 Å². The van der Waals surface area contributed by atoms with Crippen LogP contribution in [0.5, 0.6) is 0 Å². The summed E-state index contributed by atoms with van der Waals surface area (Å²) in [5.74, 6) is -0.403. The minimum Gasteiger partial charge on any atom is -0.466 e. The molecular formula is C17H21NO4. The molecule has 22 heavy (non-hydrogen) atoms. The monoisotopic (exact) mass is 303 g/mol. The standard InChI is InChI=1S/C17H21NO4/c1-3-7-14(16(19)21-2)11-18-15(12-22-17(18)20)10-13-8-5-4-6-9-13/h4-6,8-9,11,15H,3,7,10,12H2,1-2H3/b14-11+/t15-/m0/s1. The van der Waals surface area contributed by atoms with Crippen LogP contribution in [0.25, 0.3) is 0 Å². The van der Waals surface area contributed by atoms with Crippen LogP contribution in [0.15, 0.2) is 42.1 Å². The van der Waals surface area contributed by atoms with E-state index in [0.29, 0.717) is 25.0 Å². The fourth-order valence-electron chi connectivity index (χ4n) is 2.46. The summed E-state index contributed by atoms with van der Waals surface area (Å²) in [7, 11) is 1.34. The SMILES string of the molecule is CCC/C(=C\N1C(=O)OC[C@@H]1Cc1ccccc1)C(=O)OC. The van der Waals surface area contributed by atoms with Gasteiger partial charge >= 0.3 is 12.1 Å². The van der Waals surface area contributed by atoms with Gasteiger partial charge in [-0.1, -0.05) is 43.7 Å². The zero-order valence-electron chi connectivity index (χ0n) is 13.0. The van der Waals surface area contributed by atoms with Gasteiger partial charge in [-0.15, -0.1) is 0 Å². The van der Waals surface area contributed by atoms with Gasteiger partial charge in [0.05, 0.1) is 18.7 Å². The van der Waals surface area contributed by atoms with E-state index >= 15 is 0 Å². The highest BCUT2D eigenvalue weighted by atomic mass is 16.6. The van der Waals surface area contributed by atoms with Crippen molar-refractivity contribution in [2.24, 2.45) is 0 Å². The average Bonchev–Trinajstić information content (AvgIpc) is 2.87. The maximum absolute atomic E-state index is 11.9. The van der Waals surface area contributed by atoms with Crippen molar-refractivity contribution in [2.75, 3.05) is 13.7 Å². The first kappa shape index (κ1) is 16.1. The Bertz CT molecular complexity index is 553. The van der Waals surface area contributed by atoms with Gasteiger partial charge in [0.1, 0.15) is 6.61 Å². The van der Waals surface area contributed by atoms with Crippen molar-refractivity contribution in [3.63, 3.8) is 0 Å². The molecule has 0 unspecified atom stereocenters. The Morgan fingerprint density at radius 1 is 1.41 bits per heavy atom. The van der Waals surface area contributed by atoms with Crippen LogP contribution < -0.4 is 0 Å². The smallest absolute Gasteiger partial charge is 0.414 e. The van der Waals surface area contributed by atoms with E-state index in [-0.39, 0.29) is 6.04 Å². The molecule has 0 bridgehead atoms. The van der Waals surface area contributed by atoms with E-state index in [2.05, 4.69) is 0 Å². The summed E-state index contributed by atoms with van der Waals surface area (Å²) in [5.41, 5.74) is 1.61. The molecule has 0 aliphatic carbocycles. The molecular weight excluding hydrogens is 282 g/mol. The van der Waals surface area contributed by atoms with Crippen molar-refractivity contribution < 1.29 is 19.1 Å². The second-order valence-corrected chi connectivity index (χ2v) is 5.22. The predicted molar refractivity (Wildman–Crippen MR) is 82.1 cm³/mol. The summed E-state index contributed by atoms with van der Waals surface area (Å²) in [4.78, 5) is 25.2. The van der Waals surface area contributed by atoms with Crippen LogP contribution in [0.4, 0.5) is 4.79 Å². The number of methoxy groups -OCH3 is 1. The Balaban J connectivity index is 2.17. The van der Waals surface area contributed by atoms with Crippen LogP contribution in [0, 0.1) is 0 Å². The molecule has 0 spiro atoms. The molecule has 5 heteroatoms. The Kier molecular flexibility index (Phi) is 5.58. The lowest BCUT2D eigenvalue weighted by molar-refractivity contribution is -0.136. The number of hydrogen-bond donors (Lipinski definition) is 0. The predicted octanol–water partition coefficient (Wildman–Crippen LogP) is 2.91. The maximum atomic E-state index is 11.9. The molecule has 1 aromatic carbocycles. The van der Waals surface area contributed by atoms with E-state index in [1.807, 2.05) is 37.3 Å². The van der Waals surface area contributed by atoms with Crippen LogP contribution >= 0.6 is 0 Å². The first-order valence-corrected chi connectivity index (χ1v) is 7.43.